The molecule has 1 saturated heterocycles. The minimum atomic E-state index is -0.0305. The normalized spacial score (nSPS) is 33.7. The van der Waals surface area contributed by atoms with E-state index in [1.165, 1.54) is 6.42 Å². The maximum atomic E-state index is 12.1. The molecule has 18 heavy (non-hydrogen) atoms. The number of nitrogens with one attached hydrogen (secondary N) is 1. The Hall–Kier alpha value is -0.650. The molecule has 0 aromatic carbocycles. The van der Waals surface area contributed by atoms with Gasteiger partial charge in [0.2, 0.25) is 5.91 Å². The topological polar surface area (TPSA) is 73.6 Å². The third-order valence-electron chi connectivity index (χ3n) is 3.80. The van der Waals surface area contributed by atoms with Gasteiger partial charge in [-0.2, -0.15) is 0 Å². The van der Waals surface area contributed by atoms with Crippen LogP contribution in [-0.4, -0.2) is 44.4 Å². The smallest absolute Gasteiger partial charge is 0.224 e. The van der Waals surface area contributed by atoms with Gasteiger partial charge in [-0.15, -0.1) is 0 Å². The van der Waals surface area contributed by atoms with E-state index in [4.69, 9.17) is 15.2 Å². The van der Waals surface area contributed by atoms with Gasteiger partial charge in [-0.3, -0.25) is 4.79 Å². The van der Waals surface area contributed by atoms with E-state index in [0.29, 0.717) is 26.4 Å². The largest absolute Gasteiger partial charge is 0.376 e. The van der Waals surface area contributed by atoms with Crippen molar-refractivity contribution in [3.63, 3.8) is 0 Å². The molecule has 0 radical (unpaired) electrons. The first kappa shape index (κ1) is 13.8. The van der Waals surface area contributed by atoms with Crippen molar-refractivity contribution in [1.82, 2.24) is 5.32 Å². The van der Waals surface area contributed by atoms with Gasteiger partial charge >= 0.3 is 0 Å². The second kappa shape index (κ2) is 7.07. The number of rotatable bonds is 3. The molecule has 0 aromatic rings. The summed E-state index contributed by atoms with van der Waals surface area (Å²) < 4.78 is 10.8. The van der Waals surface area contributed by atoms with Gasteiger partial charge < -0.3 is 20.5 Å². The van der Waals surface area contributed by atoms with Gasteiger partial charge in [0.15, 0.2) is 0 Å². The highest BCUT2D eigenvalue weighted by atomic mass is 16.6. The lowest BCUT2D eigenvalue weighted by molar-refractivity contribution is -0.128. The van der Waals surface area contributed by atoms with E-state index in [-0.39, 0.29) is 24.0 Å². The molecule has 2 aliphatic rings. The molecule has 1 saturated carbocycles. The Morgan fingerprint density at radius 1 is 1.22 bits per heavy atom. The Balaban J connectivity index is 1.75. The lowest BCUT2D eigenvalue weighted by Gasteiger charge is -2.25. The average molecular weight is 256 g/mol. The van der Waals surface area contributed by atoms with Crippen LogP contribution in [0.3, 0.4) is 0 Å². The van der Waals surface area contributed by atoms with Crippen LogP contribution in [0.2, 0.25) is 0 Å². The predicted octanol–water partition coefficient (Wildman–Crippen LogP) is 0.426. The van der Waals surface area contributed by atoms with Crippen LogP contribution in [0.25, 0.3) is 0 Å². The van der Waals surface area contributed by atoms with Crippen molar-refractivity contribution in [3.05, 3.63) is 0 Å². The molecule has 0 aromatic heterocycles. The molecule has 2 fully saturated rings. The fourth-order valence-corrected chi connectivity index (χ4v) is 2.66. The van der Waals surface area contributed by atoms with Crippen molar-refractivity contribution in [1.29, 1.82) is 0 Å². The monoisotopic (exact) mass is 256 g/mol. The minimum Gasteiger partial charge on any atom is -0.376 e. The molecule has 3 N–H and O–H groups in total. The maximum absolute atomic E-state index is 12.1. The van der Waals surface area contributed by atoms with Crippen LogP contribution >= 0.6 is 0 Å². The van der Waals surface area contributed by atoms with Gasteiger partial charge in [-0.25, -0.2) is 0 Å². The Labute approximate surface area is 108 Å². The molecule has 1 aliphatic carbocycles. The first-order valence-electron chi connectivity index (χ1n) is 7.00. The van der Waals surface area contributed by atoms with E-state index in [1.54, 1.807) is 0 Å². The van der Waals surface area contributed by atoms with E-state index in [9.17, 15) is 4.79 Å². The summed E-state index contributed by atoms with van der Waals surface area (Å²) in [7, 11) is 0. The first-order valence-corrected chi connectivity index (χ1v) is 7.00. The molecule has 3 unspecified atom stereocenters. The van der Waals surface area contributed by atoms with Crippen molar-refractivity contribution in [2.45, 2.75) is 44.2 Å². The number of amides is 1. The summed E-state index contributed by atoms with van der Waals surface area (Å²) >= 11 is 0. The summed E-state index contributed by atoms with van der Waals surface area (Å²) in [4.78, 5) is 12.1. The van der Waals surface area contributed by atoms with Gasteiger partial charge in [-0.1, -0.05) is 19.3 Å². The number of carbonyl (C=O) groups excluding carboxylic acids is 1. The summed E-state index contributed by atoms with van der Waals surface area (Å²) in [6.45, 7) is 2.36. The molecular weight excluding hydrogens is 232 g/mol. The molecule has 104 valence electrons. The molecule has 1 heterocycles. The van der Waals surface area contributed by atoms with Crippen molar-refractivity contribution in [2.75, 3.05) is 26.4 Å². The molecule has 1 aliphatic heterocycles. The molecule has 2 rings (SSSR count). The first-order chi connectivity index (χ1) is 8.77. The summed E-state index contributed by atoms with van der Waals surface area (Å²) in [6.07, 6.45) is 5.30. The zero-order valence-electron chi connectivity index (χ0n) is 10.9. The van der Waals surface area contributed by atoms with Gasteiger partial charge in [0.05, 0.1) is 31.8 Å². The highest BCUT2D eigenvalue weighted by molar-refractivity contribution is 5.79. The zero-order valence-corrected chi connectivity index (χ0v) is 10.9. The maximum Gasteiger partial charge on any atom is 0.224 e. The summed E-state index contributed by atoms with van der Waals surface area (Å²) in [5.41, 5.74) is 6.07. The Kier molecular flexibility index (Phi) is 5.41. The van der Waals surface area contributed by atoms with Gasteiger partial charge in [0, 0.05) is 12.6 Å². The SMILES string of the molecule is NC1CCCCCC1C(=O)NCC1COCCO1. The zero-order chi connectivity index (χ0) is 12.8. The third kappa shape index (κ3) is 3.93. The van der Waals surface area contributed by atoms with E-state index in [0.717, 1.165) is 25.7 Å². The lowest BCUT2D eigenvalue weighted by atomic mass is 9.94. The number of hydrogen-bond acceptors (Lipinski definition) is 4. The predicted molar refractivity (Wildman–Crippen MR) is 68.1 cm³/mol. The second-order valence-corrected chi connectivity index (χ2v) is 5.22. The Morgan fingerprint density at radius 2 is 2.06 bits per heavy atom. The average Bonchev–Trinajstić information content (AvgIpc) is 2.62. The van der Waals surface area contributed by atoms with E-state index in [1.807, 2.05) is 0 Å². The lowest BCUT2D eigenvalue weighted by Crippen LogP contribution is -2.45. The van der Waals surface area contributed by atoms with Crippen LogP contribution in [0.1, 0.15) is 32.1 Å². The Morgan fingerprint density at radius 3 is 2.83 bits per heavy atom. The minimum absolute atomic E-state index is 0.00953. The second-order valence-electron chi connectivity index (χ2n) is 5.22. The quantitative estimate of drug-likeness (QED) is 0.718. The number of hydrogen-bond donors (Lipinski definition) is 2. The van der Waals surface area contributed by atoms with Crippen LogP contribution in [-0.2, 0) is 14.3 Å². The van der Waals surface area contributed by atoms with E-state index in [2.05, 4.69) is 5.32 Å². The number of carbonyl (C=O) groups is 1. The molecule has 5 heteroatoms. The highest BCUT2D eigenvalue weighted by Crippen LogP contribution is 2.22. The fourth-order valence-electron chi connectivity index (χ4n) is 2.66. The van der Waals surface area contributed by atoms with Gasteiger partial charge in [0.1, 0.15) is 0 Å². The van der Waals surface area contributed by atoms with Crippen molar-refractivity contribution < 1.29 is 14.3 Å². The fraction of sp³-hybridized carbons (Fsp3) is 0.923. The van der Waals surface area contributed by atoms with Crippen LogP contribution in [0.5, 0.6) is 0 Å². The summed E-state index contributed by atoms with van der Waals surface area (Å²) in [5, 5.41) is 2.96. The van der Waals surface area contributed by atoms with Crippen molar-refractivity contribution in [2.24, 2.45) is 11.7 Å². The van der Waals surface area contributed by atoms with Crippen LogP contribution in [0.15, 0.2) is 0 Å². The molecule has 5 nitrogen and oxygen atoms in total. The van der Waals surface area contributed by atoms with Crippen LogP contribution < -0.4 is 11.1 Å². The van der Waals surface area contributed by atoms with Crippen molar-refractivity contribution in [3.8, 4) is 0 Å². The molecule has 0 bridgehead atoms. The molecule has 1 amide bonds. The number of ether oxygens (including phenoxy) is 2. The summed E-state index contributed by atoms with van der Waals surface area (Å²) in [5.74, 6) is 0.0515. The van der Waals surface area contributed by atoms with Gasteiger partial charge in [0.25, 0.3) is 0 Å². The highest BCUT2D eigenvalue weighted by Gasteiger charge is 2.27. The molecule has 0 spiro atoms. The third-order valence-corrected chi connectivity index (χ3v) is 3.80. The standard InChI is InChI=1S/C13H24N2O3/c14-12-5-3-1-2-4-11(12)13(16)15-8-10-9-17-6-7-18-10/h10-12H,1-9,14H2,(H,15,16). The molecule has 3 atom stereocenters. The number of nitrogens with two attached hydrogens (primary N) is 1. The molecular formula is C13H24N2O3. The van der Waals surface area contributed by atoms with E-state index < -0.39 is 0 Å². The van der Waals surface area contributed by atoms with Gasteiger partial charge in [-0.05, 0) is 12.8 Å². The summed E-state index contributed by atoms with van der Waals surface area (Å²) in [6, 6.07) is 0.0102. The van der Waals surface area contributed by atoms with Crippen LogP contribution in [0, 0.1) is 5.92 Å². The van der Waals surface area contributed by atoms with Crippen LogP contribution in [0.4, 0.5) is 0 Å². The van der Waals surface area contributed by atoms with E-state index >= 15 is 0 Å². The van der Waals surface area contributed by atoms with Crippen molar-refractivity contribution >= 4 is 5.91 Å². The Bertz CT molecular complexity index is 267.